The monoisotopic (exact) mass is 247 g/mol. The molecule has 4 nitrogen and oxygen atoms in total. The van der Waals surface area contributed by atoms with Gasteiger partial charge in [0.05, 0.1) is 5.69 Å². The highest BCUT2D eigenvalue weighted by molar-refractivity contribution is 7.16. The van der Waals surface area contributed by atoms with E-state index in [1.807, 2.05) is 6.07 Å². The molecule has 17 heavy (non-hydrogen) atoms. The zero-order valence-corrected chi connectivity index (χ0v) is 10.1. The van der Waals surface area contributed by atoms with Crippen molar-refractivity contribution in [1.82, 2.24) is 0 Å². The standard InChI is InChI=1S/C12H13N3OS/c1-2-5-15-12-8(6-13)10(16)9(14)11(17-12)7-3-4-7/h2,7,15H,1,3-5,14H2. The van der Waals surface area contributed by atoms with Gasteiger partial charge >= 0.3 is 0 Å². The van der Waals surface area contributed by atoms with Crippen LogP contribution in [0, 0.1) is 11.3 Å². The number of hydrogen-bond acceptors (Lipinski definition) is 5. The lowest BCUT2D eigenvalue weighted by atomic mass is 10.2. The fourth-order valence-corrected chi connectivity index (χ4v) is 2.83. The van der Waals surface area contributed by atoms with Gasteiger partial charge in [0.25, 0.3) is 0 Å². The summed E-state index contributed by atoms with van der Waals surface area (Å²) in [6.07, 6.45) is 3.84. The van der Waals surface area contributed by atoms with Gasteiger partial charge in [0.2, 0.25) is 5.43 Å². The lowest BCUT2D eigenvalue weighted by molar-refractivity contribution is 1.17. The quantitative estimate of drug-likeness (QED) is 0.798. The van der Waals surface area contributed by atoms with Crippen molar-refractivity contribution in [2.24, 2.45) is 0 Å². The molecule has 2 rings (SSSR count). The predicted octanol–water partition coefficient (Wildman–Crippen LogP) is 2.04. The molecule has 0 amide bonds. The zero-order chi connectivity index (χ0) is 12.4. The number of anilines is 2. The first kappa shape index (κ1) is 11.7. The van der Waals surface area contributed by atoms with Gasteiger partial charge in [0, 0.05) is 11.4 Å². The summed E-state index contributed by atoms with van der Waals surface area (Å²) in [5.41, 5.74) is 5.81. The molecule has 0 atom stereocenters. The van der Waals surface area contributed by atoms with Crippen molar-refractivity contribution in [1.29, 1.82) is 5.26 Å². The first-order valence-electron chi connectivity index (χ1n) is 5.40. The van der Waals surface area contributed by atoms with Crippen LogP contribution in [0.25, 0.3) is 0 Å². The number of nitriles is 1. The molecule has 1 heterocycles. The molecule has 1 aromatic rings. The van der Waals surface area contributed by atoms with E-state index in [-0.39, 0.29) is 16.7 Å². The van der Waals surface area contributed by atoms with Gasteiger partial charge in [-0.05, 0) is 18.8 Å². The van der Waals surface area contributed by atoms with Gasteiger partial charge in [-0.3, -0.25) is 4.79 Å². The first-order valence-corrected chi connectivity index (χ1v) is 6.22. The number of nitrogens with two attached hydrogens (primary N) is 1. The summed E-state index contributed by atoms with van der Waals surface area (Å²) in [6.45, 7) is 4.12. The number of hydrogen-bond donors (Lipinski definition) is 2. The summed E-state index contributed by atoms with van der Waals surface area (Å²) in [6, 6.07) is 1.92. The largest absolute Gasteiger partial charge is 0.395 e. The Morgan fingerprint density at radius 1 is 1.65 bits per heavy atom. The molecule has 0 unspecified atom stereocenters. The predicted molar refractivity (Wildman–Crippen MR) is 70.4 cm³/mol. The molecule has 1 aliphatic rings. The van der Waals surface area contributed by atoms with Crippen molar-refractivity contribution < 1.29 is 0 Å². The van der Waals surface area contributed by atoms with E-state index in [0.717, 1.165) is 17.7 Å². The summed E-state index contributed by atoms with van der Waals surface area (Å²) < 4.78 is 0. The van der Waals surface area contributed by atoms with Gasteiger partial charge in [-0.15, -0.1) is 17.9 Å². The normalized spacial score (nSPS) is 14.1. The van der Waals surface area contributed by atoms with Crippen LogP contribution in [-0.2, 0) is 0 Å². The molecule has 88 valence electrons. The minimum Gasteiger partial charge on any atom is -0.395 e. The number of rotatable bonds is 4. The molecular weight excluding hydrogens is 234 g/mol. The Labute approximate surface area is 103 Å². The van der Waals surface area contributed by atoms with Gasteiger partial charge in [-0.2, -0.15) is 5.26 Å². The molecule has 0 aromatic carbocycles. The third-order valence-corrected chi connectivity index (χ3v) is 3.97. The van der Waals surface area contributed by atoms with E-state index in [4.69, 9.17) is 11.0 Å². The van der Waals surface area contributed by atoms with Crippen molar-refractivity contribution in [3.63, 3.8) is 0 Å². The van der Waals surface area contributed by atoms with Crippen molar-refractivity contribution in [2.75, 3.05) is 17.6 Å². The van der Waals surface area contributed by atoms with E-state index in [1.54, 1.807) is 6.08 Å². The number of nitrogens with zero attached hydrogens (tertiary/aromatic N) is 1. The van der Waals surface area contributed by atoms with Gasteiger partial charge in [0.1, 0.15) is 16.6 Å². The summed E-state index contributed by atoms with van der Waals surface area (Å²) in [4.78, 5) is 12.8. The molecule has 1 aromatic heterocycles. The van der Waals surface area contributed by atoms with Crippen molar-refractivity contribution in [3.8, 4) is 6.07 Å². The SMILES string of the molecule is C=CCNc1sc(C2CC2)c(N)c(=O)c1C#N. The average molecular weight is 247 g/mol. The fraction of sp³-hybridized carbons (Fsp3) is 0.333. The molecule has 0 saturated heterocycles. The van der Waals surface area contributed by atoms with E-state index in [2.05, 4.69) is 11.9 Å². The Kier molecular flexibility index (Phi) is 3.16. The molecule has 0 spiro atoms. The van der Waals surface area contributed by atoms with Crippen LogP contribution in [0.15, 0.2) is 17.4 Å². The first-order chi connectivity index (χ1) is 8.19. The van der Waals surface area contributed by atoms with Crippen LogP contribution >= 0.6 is 11.3 Å². The van der Waals surface area contributed by atoms with E-state index in [9.17, 15) is 4.79 Å². The number of nitrogens with one attached hydrogen (secondary N) is 1. The Morgan fingerprint density at radius 3 is 2.88 bits per heavy atom. The summed E-state index contributed by atoms with van der Waals surface area (Å²) in [5.74, 6) is 0.407. The van der Waals surface area contributed by atoms with Crippen LogP contribution in [0.1, 0.15) is 29.2 Å². The van der Waals surface area contributed by atoms with E-state index < -0.39 is 0 Å². The van der Waals surface area contributed by atoms with Crippen molar-refractivity contribution >= 4 is 22.0 Å². The van der Waals surface area contributed by atoms with Crippen LogP contribution in [0.2, 0.25) is 0 Å². The highest BCUT2D eigenvalue weighted by atomic mass is 32.1. The topological polar surface area (TPSA) is 78.9 Å². The van der Waals surface area contributed by atoms with Crippen molar-refractivity contribution in [2.45, 2.75) is 18.8 Å². The minimum absolute atomic E-state index is 0.110. The van der Waals surface area contributed by atoms with E-state index >= 15 is 0 Å². The second-order valence-electron chi connectivity index (χ2n) is 3.97. The summed E-state index contributed by atoms with van der Waals surface area (Å²) >= 11 is 1.42. The van der Waals surface area contributed by atoms with E-state index in [0.29, 0.717) is 17.5 Å². The van der Waals surface area contributed by atoms with Gasteiger partial charge in [-0.25, -0.2) is 0 Å². The average Bonchev–Trinajstić information content (AvgIpc) is 3.14. The Morgan fingerprint density at radius 2 is 2.35 bits per heavy atom. The lowest BCUT2D eigenvalue weighted by Crippen LogP contribution is -2.16. The Bertz CT molecular complexity index is 552. The molecule has 3 N–H and O–H groups in total. The second-order valence-corrected chi connectivity index (χ2v) is 5.02. The third kappa shape index (κ3) is 2.17. The maximum absolute atomic E-state index is 11.9. The molecule has 0 radical (unpaired) electrons. The van der Waals surface area contributed by atoms with Gasteiger partial charge in [0.15, 0.2) is 0 Å². The molecule has 5 heteroatoms. The lowest BCUT2D eigenvalue weighted by Gasteiger charge is -2.09. The smallest absolute Gasteiger partial charge is 0.223 e. The Balaban J connectivity index is 2.52. The molecule has 1 saturated carbocycles. The van der Waals surface area contributed by atoms with Crippen LogP contribution in [-0.4, -0.2) is 6.54 Å². The van der Waals surface area contributed by atoms with E-state index in [1.165, 1.54) is 11.3 Å². The van der Waals surface area contributed by atoms with Crippen LogP contribution in [0.4, 0.5) is 10.7 Å². The summed E-state index contributed by atoms with van der Waals surface area (Å²) in [7, 11) is 0. The van der Waals surface area contributed by atoms with Gasteiger partial charge in [-0.1, -0.05) is 6.08 Å². The molecular formula is C12H13N3OS. The fourth-order valence-electron chi connectivity index (χ4n) is 1.61. The van der Waals surface area contributed by atoms with Crippen LogP contribution in [0.5, 0.6) is 0 Å². The van der Waals surface area contributed by atoms with Crippen LogP contribution in [0.3, 0.4) is 0 Å². The van der Waals surface area contributed by atoms with Crippen LogP contribution < -0.4 is 16.5 Å². The molecule has 0 bridgehead atoms. The molecule has 0 aliphatic heterocycles. The maximum Gasteiger partial charge on any atom is 0.223 e. The highest BCUT2D eigenvalue weighted by Gasteiger charge is 2.29. The summed E-state index contributed by atoms with van der Waals surface area (Å²) in [5, 5.41) is 12.6. The maximum atomic E-state index is 11.9. The second kappa shape index (κ2) is 4.60. The van der Waals surface area contributed by atoms with Crippen molar-refractivity contribution in [3.05, 3.63) is 33.3 Å². The number of nitrogen functional groups attached to an aromatic ring is 1. The minimum atomic E-state index is -0.347. The molecule has 1 fully saturated rings. The molecule has 1 aliphatic carbocycles. The van der Waals surface area contributed by atoms with Gasteiger partial charge < -0.3 is 11.1 Å². The third-order valence-electron chi connectivity index (χ3n) is 2.64. The highest BCUT2D eigenvalue weighted by Crippen LogP contribution is 2.45. The Hall–Kier alpha value is -1.80. The zero-order valence-electron chi connectivity index (χ0n) is 9.32.